The van der Waals surface area contributed by atoms with Crippen LogP contribution in [0, 0.1) is 0 Å². The lowest BCUT2D eigenvalue weighted by Gasteiger charge is -2.27. The molecule has 1 saturated heterocycles. The van der Waals surface area contributed by atoms with Gasteiger partial charge in [0.2, 0.25) is 0 Å². The van der Waals surface area contributed by atoms with Crippen LogP contribution in [-0.2, 0) is 4.74 Å². The second-order valence-electron chi connectivity index (χ2n) is 4.42. The lowest BCUT2D eigenvalue weighted by molar-refractivity contribution is 0.0749. The lowest BCUT2D eigenvalue weighted by Crippen LogP contribution is -2.42. The Balaban J connectivity index is 1.82. The molecular formula is C13H19BrN2O. The van der Waals surface area contributed by atoms with Gasteiger partial charge in [0.1, 0.15) is 0 Å². The van der Waals surface area contributed by atoms with Gasteiger partial charge < -0.3 is 15.0 Å². The SMILES string of the molecule is CN(CCC1COCCN1)c1cccc(Br)c1. The molecule has 0 spiro atoms. The fourth-order valence-corrected chi connectivity index (χ4v) is 2.38. The summed E-state index contributed by atoms with van der Waals surface area (Å²) in [6.07, 6.45) is 1.11. The van der Waals surface area contributed by atoms with Crippen LogP contribution in [0.2, 0.25) is 0 Å². The van der Waals surface area contributed by atoms with Crippen molar-refractivity contribution in [3.63, 3.8) is 0 Å². The molecule has 0 radical (unpaired) electrons. The van der Waals surface area contributed by atoms with Crippen molar-refractivity contribution in [2.45, 2.75) is 12.5 Å². The Kier molecular flexibility index (Phi) is 4.83. The molecule has 0 saturated carbocycles. The molecular weight excluding hydrogens is 280 g/mol. The van der Waals surface area contributed by atoms with Gasteiger partial charge in [0, 0.05) is 36.3 Å². The van der Waals surface area contributed by atoms with E-state index in [1.54, 1.807) is 0 Å². The highest BCUT2D eigenvalue weighted by atomic mass is 79.9. The summed E-state index contributed by atoms with van der Waals surface area (Å²) in [6.45, 7) is 3.70. The second-order valence-corrected chi connectivity index (χ2v) is 5.33. The van der Waals surface area contributed by atoms with Crippen LogP contribution in [0.3, 0.4) is 0 Å². The molecule has 1 unspecified atom stereocenters. The smallest absolute Gasteiger partial charge is 0.0620 e. The van der Waals surface area contributed by atoms with Gasteiger partial charge in [-0.25, -0.2) is 0 Å². The monoisotopic (exact) mass is 298 g/mol. The molecule has 17 heavy (non-hydrogen) atoms. The summed E-state index contributed by atoms with van der Waals surface area (Å²) in [5.41, 5.74) is 1.25. The Morgan fingerprint density at radius 3 is 3.12 bits per heavy atom. The van der Waals surface area contributed by atoms with Gasteiger partial charge in [-0.15, -0.1) is 0 Å². The highest BCUT2D eigenvalue weighted by Gasteiger charge is 2.13. The van der Waals surface area contributed by atoms with Crippen molar-refractivity contribution >= 4 is 21.6 Å². The first-order valence-electron chi connectivity index (χ1n) is 6.03. The van der Waals surface area contributed by atoms with Crippen LogP contribution in [-0.4, -0.2) is 39.4 Å². The van der Waals surface area contributed by atoms with Gasteiger partial charge in [0.15, 0.2) is 0 Å². The van der Waals surface area contributed by atoms with E-state index in [4.69, 9.17) is 4.74 Å². The third-order valence-electron chi connectivity index (χ3n) is 3.06. The quantitative estimate of drug-likeness (QED) is 0.923. The molecule has 0 bridgehead atoms. The zero-order valence-corrected chi connectivity index (χ0v) is 11.7. The van der Waals surface area contributed by atoms with Gasteiger partial charge in [-0.2, -0.15) is 0 Å². The summed E-state index contributed by atoms with van der Waals surface area (Å²) >= 11 is 3.50. The summed E-state index contributed by atoms with van der Waals surface area (Å²) < 4.78 is 6.58. The number of nitrogens with one attached hydrogen (secondary N) is 1. The number of rotatable bonds is 4. The van der Waals surface area contributed by atoms with Gasteiger partial charge >= 0.3 is 0 Å². The Bertz CT molecular complexity index is 353. The van der Waals surface area contributed by atoms with Crippen LogP contribution in [0.25, 0.3) is 0 Å². The first-order chi connectivity index (χ1) is 8.25. The fraction of sp³-hybridized carbons (Fsp3) is 0.538. The summed E-state index contributed by atoms with van der Waals surface area (Å²) in [4.78, 5) is 2.28. The summed E-state index contributed by atoms with van der Waals surface area (Å²) in [5, 5.41) is 3.48. The van der Waals surface area contributed by atoms with Gasteiger partial charge in [-0.05, 0) is 24.6 Å². The predicted molar refractivity (Wildman–Crippen MR) is 74.6 cm³/mol. The molecule has 1 aliphatic heterocycles. The average molecular weight is 299 g/mol. The number of hydrogen-bond acceptors (Lipinski definition) is 3. The molecule has 3 nitrogen and oxygen atoms in total. The normalized spacial score (nSPS) is 20.2. The molecule has 1 N–H and O–H groups in total. The number of morpholine rings is 1. The number of benzene rings is 1. The molecule has 1 aromatic carbocycles. The van der Waals surface area contributed by atoms with Crippen molar-refractivity contribution in [1.82, 2.24) is 5.32 Å². The highest BCUT2D eigenvalue weighted by molar-refractivity contribution is 9.10. The number of halogens is 1. The van der Waals surface area contributed by atoms with Crippen molar-refractivity contribution < 1.29 is 4.74 Å². The number of nitrogens with zero attached hydrogens (tertiary/aromatic N) is 1. The lowest BCUT2D eigenvalue weighted by atomic mass is 10.2. The molecule has 1 atom stereocenters. The van der Waals surface area contributed by atoms with Gasteiger partial charge in [0.05, 0.1) is 13.2 Å². The number of anilines is 1. The summed E-state index contributed by atoms with van der Waals surface area (Å²) in [7, 11) is 2.13. The van der Waals surface area contributed by atoms with Crippen LogP contribution in [0.1, 0.15) is 6.42 Å². The van der Waals surface area contributed by atoms with Crippen molar-refractivity contribution in [3.05, 3.63) is 28.7 Å². The summed E-state index contributed by atoms with van der Waals surface area (Å²) in [6, 6.07) is 8.89. The topological polar surface area (TPSA) is 24.5 Å². The average Bonchev–Trinajstić information content (AvgIpc) is 2.37. The molecule has 4 heteroatoms. The zero-order valence-electron chi connectivity index (χ0n) is 10.2. The van der Waals surface area contributed by atoms with Crippen molar-refractivity contribution in [3.8, 4) is 0 Å². The minimum atomic E-state index is 0.498. The Morgan fingerprint density at radius 2 is 2.41 bits per heavy atom. The standard InChI is InChI=1S/C13H19BrN2O/c1-16(13-4-2-3-11(14)9-13)7-5-12-10-17-8-6-15-12/h2-4,9,12,15H,5-8,10H2,1H3. The van der Waals surface area contributed by atoms with E-state index in [1.165, 1.54) is 5.69 Å². The minimum absolute atomic E-state index is 0.498. The molecule has 0 aromatic heterocycles. The molecule has 1 fully saturated rings. The van der Waals surface area contributed by atoms with E-state index >= 15 is 0 Å². The van der Waals surface area contributed by atoms with Gasteiger partial charge in [0.25, 0.3) is 0 Å². The van der Waals surface area contributed by atoms with E-state index in [-0.39, 0.29) is 0 Å². The van der Waals surface area contributed by atoms with Crippen LogP contribution < -0.4 is 10.2 Å². The van der Waals surface area contributed by atoms with E-state index in [2.05, 4.69) is 51.4 Å². The fourth-order valence-electron chi connectivity index (χ4n) is 2.00. The number of ether oxygens (including phenoxy) is 1. The number of hydrogen-bond donors (Lipinski definition) is 1. The van der Waals surface area contributed by atoms with Crippen LogP contribution in [0.15, 0.2) is 28.7 Å². The van der Waals surface area contributed by atoms with E-state index in [0.717, 1.165) is 37.2 Å². The Hall–Kier alpha value is -0.580. The highest BCUT2D eigenvalue weighted by Crippen LogP contribution is 2.19. The van der Waals surface area contributed by atoms with E-state index in [0.29, 0.717) is 6.04 Å². The zero-order chi connectivity index (χ0) is 12.1. The Labute approximate surface area is 111 Å². The first kappa shape index (κ1) is 12.9. The predicted octanol–water partition coefficient (Wildman–Crippen LogP) is 2.26. The third kappa shape index (κ3) is 3.98. The van der Waals surface area contributed by atoms with Crippen LogP contribution in [0.5, 0.6) is 0 Å². The van der Waals surface area contributed by atoms with Gasteiger partial charge in [-0.3, -0.25) is 0 Å². The molecule has 1 heterocycles. The van der Waals surface area contributed by atoms with E-state index < -0.39 is 0 Å². The van der Waals surface area contributed by atoms with Crippen LogP contribution in [0.4, 0.5) is 5.69 Å². The largest absolute Gasteiger partial charge is 0.379 e. The second kappa shape index (κ2) is 6.38. The maximum Gasteiger partial charge on any atom is 0.0620 e. The maximum atomic E-state index is 5.45. The minimum Gasteiger partial charge on any atom is -0.379 e. The van der Waals surface area contributed by atoms with Crippen LogP contribution >= 0.6 is 15.9 Å². The molecule has 94 valence electrons. The Morgan fingerprint density at radius 1 is 1.53 bits per heavy atom. The van der Waals surface area contributed by atoms with E-state index in [1.807, 2.05) is 6.07 Å². The molecule has 2 rings (SSSR count). The molecule has 0 amide bonds. The van der Waals surface area contributed by atoms with Crippen molar-refractivity contribution in [2.24, 2.45) is 0 Å². The molecule has 0 aliphatic carbocycles. The summed E-state index contributed by atoms with van der Waals surface area (Å²) in [5.74, 6) is 0. The molecule has 1 aliphatic rings. The van der Waals surface area contributed by atoms with E-state index in [9.17, 15) is 0 Å². The third-order valence-corrected chi connectivity index (χ3v) is 3.55. The first-order valence-corrected chi connectivity index (χ1v) is 6.83. The maximum absolute atomic E-state index is 5.45. The van der Waals surface area contributed by atoms with Gasteiger partial charge in [-0.1, -0.05) is 22.0 Å². The molecule has 1 aromatic rings. The van der Waals surface area contributed by atoms with Crippen molar-refractivity contribution in [1.29, 1.82) is 0 Å². The van der Waals surface area contributed by atoms with Crippen molar-refractivity contribution in [2.75, 3.05) is 38.3 Å².